The molecular weight excluding hydrogens is 677 g/mol. The Morgan fingerprint density at radius 3 is 1.05 bits per heavy atom. The highest BCUT2D eigenvalue weighted by Gasteiger charge is 2.43. The van der Waals surface area contributed by atoms with Crippen molar-refractivity contribution < 1.29 is 0 Å². The van der Waals surface area contributed by atoms with Gasteiger partial charge in [-0.15, -0.1) is 0 Å². The molecule has 0 aliphatic heterocycles. The molecule has 0 atom stereocenters. The monoisotopic (exact) mass is 728 g/mol. The van der Waals surface area contributed by atoms with Gasteiger partial charge in [-0.1, -0.05) is 99.5 Å². The zero-order chi connectivity index (χ0) is 39.3. The molecule has 2 nitrogen and oxygen atoms in total. The fourth-order valence-electron chi connectivity index (χ4n) is 9.70. The number of hydrogen-bond donors (Lipinski definition) is 0. The zero-order valence-electron chi connectivity index (χ0n) is 34.6. The van der Waals surface area contributed by atoms with E-state index in [1.807, 2.05) is 0 Å². The van der Waals surface area contributed by atoms with Gasteiger partial charge in [-0.3, -0.25) is 0 Å². The van der Waals surface area contributed by atoms with E-state index in [2.05, 4.69) is 212 Å². The summed E-state index contributed by atoms with van der Waals surface area (Å²) >= 11 is 0. The number of benzene rings is 7. The molecule has 0 radical (unpaired) electrons. The first-order chi connectivity index (χ1) is 26.8. The van der Waals surface area contributed by atoms with Crippen LogP contribution in [-0.4, -0.2) is 0 Å². The second kappa shape index (κ2) is 12.8. The molecule has 278 valence electrons. The molecule has 0 spiro atoms. The first-order valence-electron chi connectivity index (χ1n) is 20.1. The van der Waals surface area contributed by atoms with Crippen molar-refractivity contribution in [1.29, 1.82) is 0 Å². The molecule has 0 amide bonds. The van der Waals surface area contributed by atoms with Crippen LogP contribution in [0.5, 0.6) is 0 Å². The van der Waals surface area contributed by atoms with Gasteiger partial charge in [-0.2, -0.15) is 0 Å². The average molecular weight is 729 g/mol. The third-order valence-electron chi connectivity index (χ3n) is 12.8. The summed E-state index contributed by atoms with van der Waals surface area (Å²) in [6.45, 7) is 23.1. The first-order valence-corrected chi connectivity index (χ1v) is 20.1. The quantitative estimate of drug-likeness (QED) is 0.168. The minimum absolute atomic E-state index is 0.182. The van der Waals surface area contributed by atoms with Crippen molar-refractivity contribution in [3.63, 3.8) is 0 Å². The standard InChI is InChI=1S/C54H52N2/c1-33-19-23-39(24-20-33)55(49-17-13-11-15-35(49)3)41-27-37(5)51-43-31-46-44(32-45(43)53(7,8)47(51)29-41)52-38(6)28-42(30-48(52)54(46,9)10)56(40-25-21-34(2)22-26-40)50-18-14-12-16-36(50)4/h11-32H,1-10H3. The predicted octanol–water partition coefficient (Wildman–Crippen LogP) is 15.1. The minimum atomic E-state index is -0.182. The molecule has 2 heteroatoms. The van der Waals surface area contributed by atoms with Gasteiger partial charge in [0.1, 0.15) is 0 Å². The van der Waals surface area contributed by atoms with Crippen LogP contribution in [0.3, 0.4) is 0 Å². The summed E-state index contributed by atoms with van der Waals surface area (Å²) in [5.41, 5.74) is 25.6. The molecule has 0 bridgehead atoms. The number of para-hydroxylation sites is 2. The summed E-state index contributed by atoms with van der Waals surface area (Å²) < 4.78 is 0. The molecule has 0 N–H and O–H groups in total. The van der Waals surface area contributed by atoms with E-state index in [9.17, 15) is 0 Å². The lowest BCUT2D eigenvalue weighted by molar-refractivity contribution is 0.652. The van der Waals surface area contributed by atoms with Crippen molar-refractivity contribution in [2.24, 2.45) is 0 Å². The van der Waals surface area contributed by atoms with E-state index in [4.69, 9.17) is 0 Å². The number of aryl methyl sites for hydroxylation is 6. The van der Waals surface area contributed by atoms with Gasteiger partial charge in [0, 0.05) is 45.0 Å². The summed E-state index contributed by atoms with van der Waals surface area (Å²) in [5.74, 6) is 0. The van der Waals surface area contributed by atoms with E-state index in [1.54, 1.807) is 0 Å². The summed E-state index contributed by atoms with van der Waals surface area (Å²) in [7, 11) is 0. The van der Waals surface area contributed by atoms with Gasteiger partial charge in [0.15, 0.2) is 0 Å². The van der Waals surface area contributed by atoms with Crippen molar-refractivity contribution in [1.82, 2.24) is 0 Å². The van der Waals surface area contributed by atoms with Crippen LogP contribution in [0.15, 0.2) is 133 Å². The fraction of sp³-hybridized carbons (Fsp3) is 0.222. The third-order valence-corrected chi connectivity index (χ3v) is 12.8. The molecule has 7 aromatic rings. The zero-order valence-corrected chi connectivity index (χ0v) is 34.6. The number of nitrogens with zero attached hydrogens (tertiary/aromatic N) is 2. The van der Waals surface area contributed by atoms with Crippen LogP contribution >= 0.6 is 0 Å². The summed E-state index contributed by atoms with van der Waals surface area (Å²) in [6, 6.07) is 50.2. The highest BCUT2D eigenvalue weighted by atomic mass is 15.1. The van der Waals surface area contributed by atoms with Crippen LogP contribution in [0.2, 0.25) is 0 Å². The molecular formula is C54H52N2. The smallest absolute Gasteiger partial charge is 0.0490 e. The Hall–Kier alpha value is -5.86. The van der Waals surface area contributed by atoms with Crippen molar-refractivity contribution in [2.45, 2.75) is 80.1 Å². The molecule has 7 aromatic carbocycles. The van der Waals surface area contributed by atoms with E-state index in [1.165, 1.54) is 112 Å². The number of anilines is 6. The van der Waals surface area contributed by atoms with E-state index in [-0.39, 0.29) is 10.8 Å². The Kier molecular flexibility index (Phi) is 8.22. The predicted molar refractivity (Wildman–Crippen MR) is 239 cm³/mol. The van der Waals surface area contributed by atoms with Gasteiger partial charge < -0.3 is 9.80 Å². The van der Waals surface area contributed by atoms with Crippen LogP contribution in [0.25, 0.3) is 22.3 Å². The highest BCUT2D eigenvalue weighted by molar-refractivity contribution is 5.94. The van der Waals surface area contributed by atoms with Gasteiger partial charge in [-0.05, 0) is 181 Å². The average Bonchev–Trinajstić information content (AvgIpc) is 3.53. The maximum atomic E-state index is 2.56. The van der Waals surface area contributed by atoms with Crippen molar-refractivity contribution in [2.75, 3.05) is 9.80 Å². The Morgan fingerprint density at radius 1 is 0.339 bits per heavy atom. The van der Waals surface area contributed by atoms with Crippen LogP contribution in [-0.2, 0) is 10.8 Å². The largest absolute Gasteiger partial charge is 0.310 e. The molecule has 2 aliphatic rings. The summed E-state index contributed by atoms with van der Waals surface area (Å²) in [4.78, 5) is 4.89. The normalized spacial score (nSPS) is 14.2. The topological polar surface area (TPSA) is 6.48 Å². The number of hydrogen-bond acceptors (Lipinski definition) is 2. The lowest BCUT2D eigenvalue weighted by Gasteiger charge is -2.30. The summed E-state index contributed by atoms with van der Waals surface area (Å²) in [5, 5.41) is 0. The van der Waals surface area contributed by atoms with Crippen LogP contribution in [0.4, 0.5) is 34.1 Å². The highest BCUT2D eigenvalue weighted by Crippen LogP contribution is 2.59. The second-order valence-corrected chi connectivity index (χ2v) is 17.5. The Morgan fingerprint density at radius 2 is 0.696 bits per heavy atom. The van der Waals surface area contributed by atoms with Gasteiger partial charge in [0.05, 0.1) is 0 Å². The molecule has 0 saturated carbocycles. The molecule has 0 unspecified atom stereocenters. The van der Waals surface area contributed by atoms with E-state index >= 15 is 0 Å². The number of fused-ring (bicyclic) bond motifs is 6. The van der Waals surface area contributed by atoms with Gasteiger partial charge in [0.25, 0.3) is 0 Å². The number of rotatable bonds is 6. The molecule has 0 heterocycles. The van der Waals surface area contributed by atoms with E-state index < -0.39 is 0 Å². The second-order valence-electron chi connectivity index (χ2n) is 17.5. The van der Waals surface area contributed by atoms with Gasteiger partial charge in [0.2, 0.25) is 0 Å². The van der Waals surface area contributed by atoms with Crippen molar-refractivity contribution in [3.05, 3.63) is 189 Å². The fourth-order valence-corrected chi connectivity index (χ4v) is 9.70. The maximum Gasteiger partial charge on any atom is 0.0490 e. The van der Waals surface area contributed by atoms with Crippen molar-refractivity contribution >= 4 is 34.1 Å². The molecule has 56 heavy (non-hydrogen) atoms. The Balaban J connectivity index is 1.19. The lowest BCUT2D eigenvalue weighted by atomic mass is 9.79. The first kappa shape index (κ1) is 35.8. The Labute approximate surface area is 334 Å². The molecule has 2 aliphatic carbocycles. The van der Waals surface area contributed by atoms with Gasteiger partial charge >= 0.3 is 0 Å². The molecule has 9 rings (SSSR count). The summed E-state index contributed by atoms with van der Waals surface area (Å²) in [6.07, 6.45) is 0. The SMILES string of the molecule is Cc1ccc(N(c2cc(C)c3c(c2)C(C)(C)c2cc4c(cc2-3)C(C)(C)c2cc(N(c3ccc(C)cc3)c3ccccc3C)cc(C)c2-4)c2ccccc2C)cc1. The van der Waals surface area contributed by atoms with E-state index in [0.717, 1.165) is 0 Å². The van der Waals surface area contributed by atoms with Crippen LogP contribution < -0.4 is 9.80 Å². The van der Waals surface area contributed by atoms with Crippen LogP contribution in [0.1, 0.15) is 83.3 Å². The maximum absolute atomic E-state index is 2.56. The molecule has 0 aromatic heterocycles. The minimum Gasteiger partial charge on any atom is -0.310 e. The Bertz CT molecular complexity index is 2500. The van der Waals surface area contributed by atoms with E-state index in [0.29, 0.717) is 0 Å². The van der Waals surface area contributed by atoms with Crippen LogP contribution in [0, 0.1) is 41.5 Å². The lowest BCUT2D eigenvalue weighted by Crippen LogP contribution is -2.18. The van der Waals surface area contributed by atoms with Crippen molar-refractivity contribution in [3.8, 4) is 22.3 Å². The molecule has 0 fully saturated rings. The third kappa shape index (κ3) is 5.45. The van der Waals surface area contributed by atoms with Gasteiger partial charge in [-0.25, -0.2) is 0 Å². The molecule has 0 saturated heterocycles.